The van der Waals surface area contributed by atoms with Crippen molar-refractivity contribution in [1.82, 2.24) is 5.32 Å². The van der Waals surface area contributed by atoms with Gasteiger partial charge in [0.05, 0.1) is 10.5 Å². The molecule has 0 fully saturated rings. The molecule has 20 heavy (non-hydrogen) atoms. The molecule has 110 valence electrons. The van der Waals surface area contributed by atoms with Crippen molar-refractivity contribution in [1.29, 1.82) is 0 Å². The topological polar surface area (TPSA) is 84.3 Å². The smallest absolute Gasteiger partial charge is 0.293 e. The lowest BCUT2D eigenvalue weighted by molar-refractivity contribution is -0.384. The first-order valence-corrected chi connectivity index (χ1v) is 6.77. The van der Waals surface area contributed by atoms with Gasteiger partial charge in [-0.3, -0.25) is 14.9 Å². The molecule has 0 aromatic heterocycles. The monoisotopic (exact) mass is 279 g/mol. The Balaban J connectivity index is 2.93. The number of hydrogen-bond donors (Lipinski definition) is 2. The van der Waals surface area contributed by atoms with Crippen molar-refractivity contribution < 1.29 is 9.72 Å². The number of unbranched alkanes of at least 4 members (excludes halogenated alkanes) is 1. The number of carbonyl (C=O) groups excluding carboxylic acids is 1. The Hall–Kier alpha value is -2.11. The molecule has 0 aliphatic carbocycles. The van der Waals surface area contributed by atoms with Gasteiger partial charge in [0.2, 0.25) is 0 Å². The number of anilines is 1. The second-order valence-corrected chi connectivity index (χ2v) is 4.72. The van der Waals surface area contributed by atoms with Crippen LogP contribution in [0.4, 0.5) is 11.4 Å². The highest BCUT2D eigenvalue weighted by molar-refractivity contribution is 6.01. The number of amides is 1. The molecule has 0 radical (unpaired) electrons. The number of nitrogens with one attached hydrogen (secondary N) is 2. The fourth-order valence-electron chi connectivity index (χ4n) is 2.03. The number of nitro groups is 1. The van der Waals surface area contributed by atoms with E-state index in [-0.39, 0.29) is 23.3 Å². The van der Waals surface area contributed by atoms with E-state index in [9.17, 15) is 14.9 Å². The van der Waals surface area contributed by atoms with Gasteiger partial charge in [0.25, 0.3) is 11.6 Å². The van der Waals surface area contributed by atoms with Crippen LogP contribution >= 0.6 is 0 Å². The Kier molecular flexibility index (Phi) is 5.96. The summed E-state index contributed by atoms with van der Waals surface area (Å²) < 4.78 is 0. The number of hydrogen-bond acceptors (Lipinski definition) is 4. The first-order valence-electron chi connectivity index (χ1n) is 6.77. The van der Waals surface area contributed by atoms with Crippen molar-refractivity contribution in [3.63, 3.8) is 0 Å². The molecule has 0 aliphatic rings. The molecule has 1 rings (SSSR count). The minimum absolute atomic E-state index is 0.0476. The molecule has 6 heteroatoms. The van der Waals surface area contributed by atoms with Gasteiger partial charge < -0.3 is 10.6 Å². The van der Waals surface area contributed by atoms with E-state index >= 15 is 0 Å². The Morgan fingerprint density at radius 2 is 2.15 bits per heavy atom. The molecule has 2 N–H and O–H groups in total. The predicted molar refractivity (Wildman–Crippen MR) is 79.1 cm³/mol. The van der Waals surface area contributed by atoms with E-state index in [0.29, 0.717) is 5.56 Å². The highest BCUT2D eigenvalue weighted by Crippen LogP contribution is 2.27. The van der Waals surface area contributed by atoms with Gasteiger partial charge >= 0.3 is 0 Å². The van der Waals surface area contributed by atoms with Crippen LogP contribution in [-0.2, 0) is 0 Å². The van der Waals surface area contributed by atoms with Crippen LogP contribution in [0.25, 0.3) is 0 Å². The number of benzene rings is 1. The molecule has 0 heterocycles. The van der Waals surface area contributed by atoms with E-state index in [1.807, 2.05) is 6.92 Å². The maximum Gasteiger partial charge on any atom is 0.293 e. The van der Waals surface area contributed by atoms with Crippen LogP contribution in [0.1, 0.15) is 43.5 Å². The lowest BCUT2D eigenvalue weighted by Crippen LogP contribution is -2.33. The summed E-state index contributed by atoms with van der Waals surface area (Å²) in [4.78, 5) is 22.7. The summed E-state index contributed by atoms with van der Waals surface area (Å²) in [5.74, 6) is -0.290. The fourth-order valence-corrected chi connectivity index (χ4v) is 2.03. The minimum Gasteiger partial charge on any atom is -0.382 e. The van der Waals surface area contributed by atoms with Crippen LogP contribution in [0.3, 0.4) is 0 Å². The van der Waals surface area contributed by atoms with Crippen LogP contribution in [0.15, 0.2) is 18.2 Å². The average Bonchev–Trinajstić information content (AvgIpc) is 2.43. The zero-order chi connectivity index (χ0) is 15.1. The summed E-state index contributed by atoms with van der Waals surface area (Å²) in [6, 6.07) is 4.53. The number of carbonyl (C=O) groups is 1. The maximum atomic E-state index is 12.2. The summed E-state index contributed by atoms with van der Waals surface area (Å²) >= 11 is 0. The summed E-state index contributed by atoms with van der Waals surface area (Å²) in [5.41, 5.74) is 0.448. The van der Waals surface area contributed by atoms with Gasteiger partial charge in [-0.2, -0.15) is 0 Å². The lowest BCUT2D eigenvalue weighted by atomic mass is 10.1. The summed E-state index contributed by atoms with van der Waals surface area (Å²) in [6.07, 6.45) is 3.00. The molecule has 1 aromatic carbocycles. The Morgan fingerprint density at radius 1 is 1.45 bits per heavy atom. The van der Waals surface area contributed by atoms with E-state index < -0.39 is 4.92 Å². The normalized spacial score (nSPS) is 11.8. The largest absolute Gasteiger partial charge is 0.382 e. The Labute approximate surface area is 118 Å². The van der Waals surface area contributed by atoms with Gasteiger partial charge in [0.1, 0.15) is 5.69 Å². The molecule has 1 unspecified atom stereocenters. The zero-order valence-corrected chi connectivity index (χ0v) is 12.1. The third-order valence-corrected chi connectivity index (χ3v) is 3.10. The molecule has 0 saturated heterocycles. The van der Waals surface area contributed by atoms with E-state index in [4.69, 9.17) is 0 Å². The van der Waals surface area contributed by atoms with Crippen molar-refractivity contribution in [2.24, 2.45) is 0 Å². The van der Waals surface area contributed by atoms with Gasteiger partial charge in [-0.05, 0) is 19.4 Å². The predicted octanol–water partition coefficient (Wildman–Crippen LogP) is 2.95. The van der Waals surface area contributed by atoms with Gasteiger partial charge in [0.15, 0.2) is 0 Å². The van der Waals surface area contributed by atoms with Gasteiger partial charge in [-0.1, -0.05) is 25.8 Å². The number of rotatable bonds is 7. The quantitative estimate of drug-likeness (QED) is 0.593. The number of nitro benzene ring substituents is 1. The molecule has 1 amide bonds. The van der Waals surface area contributed by atoms with Gasteiger partial charge in [-0.25, -0.2) is 0 Å². The highest BCUT2D eigenvalue weighted by atomic mass is 16.6. The first-order chi connectivity index (χ1) is 9.51. The van der Waals surface area contributed by atoms with E-state index in [0.717, 1.165) is 19.3 Å². The van der Waals surface area contributed by atoms with Crippen LogP contribution in [0, 0.1) is 10.1 Å². The van der Waals surface area contributed by atoms with Gasteiger partial charge in [-0.15, -0.1) is 0 Å². The molecule has 0 aliphatic heterocycles. The molecule has 0 bridgehead atoms. The van der Waals surface area contributed by atoms with Crippen LogP contribution in [-0.4, -0.2) is 23.9 Å². The number of nitrogens with zero attached hydrogens (tertiary/aromatic N) is 1. The molecule has 0 saturated carbocycles. The van der Waals surface area contributed by atoms with Crippen molar-refractivity contribution in [3.05, 3.63) is 33.9 Å². The van der Waals surface area contributed by atoms with Crippen LogP contribution in [0.5, 0.6) is 0 Å². The summed E-state index contributed by atoms with van der Waals surface area (Å²) in [5, 5.41) is 16.6. The SMILES string of the molecule is CCCCC(C)NC(=O)c1cccc([N+](=O)[O-])c1NC. The molecular formula is C14H21N3O3. The van der Waals surface area contributed by atoms with Crippen molar-refractivity contribution >= 4 is 17.3 Å². The van der Waals surface area contributed by atoms with Crippen LogP contribution < -0.4 is 10.6 Å². The molecule has 1 atom stereocenters. The minimum atomic E-state index is -0.497. The Morgan fingerprint density at radius 3 is 2.70 bits per heavy atom. The third kappa shape index (κ3) is 3.94. The standard InChI is InChI=1S/C14H21N3O3/c1-4-5-7-10(2)16-14(18)11-8-6-9-12(17(19)20)13(11)15-3/h6,8-10,15H,4-5,7H2,1-3H3,(H,16,18). The highest BCUT2D eigenvalue weighted by Gasteiger charge is 2.21. The fraction of sp³-hybridized carbons (Fsp3) is 0.500. The van der Waals surface area contributed by atoms with Crippen molar-refractivity contribution in [3.8, 4) is 0 Å². The number of para-hydroxylation sites is 1. The second-order valence-electron chi connectivity index (χ2n) is 4.72. The zero-order valence-electron chi connectivity index (χ0n) is 12.1. The van der Waals surface area contributed by atoms with E-state index in [2.05, 4.69) is 17.6 Å². The Bertz CT molecular complexity index is 489. The molecular weight excluding hydrogens is 258 g/mol. The van der Waals surface area contributed by atoms with Crippen molar-refractivity contribution in [2.45, 2.75) is 39.2 Å². The van der Waals surface area contributed by atoms with Crippen molar-refractivity contribution in [2.75, 3.05) is 12.4 Å². The molecule has 6 nitrogen and oxygen atoms in total. The summed E-state index contributed by atoms with van der Waals surface area (Å²) in [7, 11) is 1.57. The summed E-state index contributed by atoms with van der Waals surface area (Å²) in [6.45, 7) is 4.03. The van der Waals surface area contributed by atoms with Crippen LogP contribution in [0.2, 0.25) is 0 Å². The lowest BCUT2D eigenvalue weighted by Gasteiger charge is -2.15. The van der Waals surface area contributed by atoms with E-state index in [1.165, 1.54) is 12.1 Å². The maximum absolute atomic E-state index is 12.2. The van der Waals surface area contributed by atoms with E-state index in [1.54, 1.807) is 13.1 Å². The first kappa shape index (κ1) is 15.9. The molecule has 0 spiro atoms. The molecule has 1 aromatic rings. The second kappa shape index (κ2) is 7.47. The average molecular weight is 279 g/mol. The third-order valence-electron chi connectivity index (χ3n) is 3.10. The van der Waals surface area contributed by atoms with Gasteiger partial charge in [0, 0.05) is 19.2 Å².